The summed E-state index contributed by atoms with van der Waals surface area (Å²) in [5.41, 5.74) is 6.20. The van der Waals surface area contributed by atoms with E-state index in [2.05, 4.69) is 11.6 Å². The first-order valence-electron chi connectivity index (χ1n) is 3.66. The number of nitriles is 1. The molecule has 3 nitrogen and oxygen atoms in total. The van der Waals surface area contributed by atoms with Crippen molar-refractivity contribution in [1.29, 1.82) is 5.26 Å². The van der Waals surface area contributed by atoms with Gasteiger partial charge in [0.25, 0.3) is 0 Å². The van der Waals surface area contributed by atoms with E-state index in [4.69, 9.17) is 11.0 Å². The van der Waals surface area contributed by atoms with Gasteiger partial charge in [-0.3, -0.25) is 0 Å². The smallest absolute Gasteiger partial charge is 0.155 e. The third-order valence-electron chi connectivity index (χ3n) is 1.38. The molecule has 0 aromatic rings. The van der Waals surface area contributed by atoms with Crippen LogP contribution in [0.25, 0.3) is 0 Å². The molecule has 0 spiro atoms. The molecule has 0 fully saturated rings. The van der Waals surface area contributed by atoms with E-state index in [1.54, 1.807) is 6.21 Å². The minimum atomic E-state index is 0.205. The molecular formula is C9H13N3. The number of hydrogen-bond donors (Lipinski definition) is 1. The van der Waals surface area contributed by atoms with Crippen LogP contribution in [0.15, 0.2) is 29.0 Å². The number of hydrogen-bond acceptors (Lipinski definition) is 3. The normalized spacial score (nSPS) is 12.0. The standard InChI is InChI=1S/C9H13N3/c1-7(2)8(3)6-12-9(4-10)5-11/h4,6-7H,3,10H2,1-2H3/b9-4-,12-6?. The monoisotopic (exact) mass is 163 g/mol. The van der Waals surface area contributed by atoms with Crippen LogP contribution in [0.5, 0.6) is 0 Å². The zero-order valence-electron chi connectivity index (χ0n) is 7.41. The van der Waals surface area contributed by atoms with Crippen molar-refractivity contribution in [2.45, 2.75) is 13.8 Å². The summed E-state index contributed by atoms with van der Waals surface area (Å²) in [6.07, 6.45) is 2.73. The van der Waals surface area contributed by atoms with Crippen LogP contribution in [0.1, 0.15) is 13.8 Å². The minimum absolute atomic E-state index is 0.205. The van der Waals surface area contributed by atoms with E-state index in [9.17, 15) is 0 Å². The first kappa shape index (κ1) is 10.4. The molecule has 0 aromatic heterocycles. The Morgan fingerprint density at radius 2 is 2.25 bits per heavy atom. The highest BCUT2D eigenvalue weighted by Crippen LogP contribution is 2.04. The number of aliphatic imine (C=N–C) groups is 1. The largest absolute Gasteiger partial charge is 0.402 e. The van der Waals surface area contributed by atoms with Gasteiger partial charge in [-0.05, 0) is 11.5 Å². The Morgan fingerprint density at radius 3 is 2.58 bits per heavy atom. The number of nitrogens with zero attached hydrogens (tertiary/aromatic N) is 2. The summed E-state index contributed by atoms with van der Waals surface area (Å²) in [5, 5.41) is 8.44. The van der Waals surface area contributed by atoms with Crippen molar-refractivity contribution in [2.24, 2.45) is 16.6 Å². The molecule has 0 aliphatic rings. The zero-order chi connectivity index (χ0) is 9.56. The van der Waals surface area contributed by atoms with Crippen LogP contribution >= 0.6 is 0 Å². The van der Waals surface area contributed by atoms with Crippen LogP contribution in [0, 0.1) is 17.2 Å². The van der Waals surface area contributed by atoms with Gasteiger partial charge in [0.05, 0.1) is 0 Å². The van der Waals surface area contributed by atoms with Crippen molar-refractivity contribution in [3.8, 4) is 6.07 Å². The summed E-state index contributed by atoms with van der Waals surface area (Å²) >= 11 is 0. The van der Waals surface area contributed by atoms with Crippen LogP contribution in [0.3, 0.4) is 0 Å². The highest BCUT2D eigenvalue weighted by atomic mass is 14.7. The first-order valence-corrected chi connectivity index (χ1v) is 3.66. The maximum absolute atomic E-state index is 8.44. The van der Waals surface area contributed by atoms with Gasteiger partial charge in [-0.15, -0.1) is 0 Å². The second-order valence-electron chi connectivity index (χ2n) is 2.65. The molecule has 0 aliphatic carbocycles. The summed E-state index contributed by atoms with van der Waals surface area (Å²) in [6, 6.07) is 1.84. The van der Waals surface area contributed by atoms with E-state index in [0.29, 0.717) is 5.92 Å². The summed E-state index contributed by atoms with van der Waals surface area (Å²) in [7, 11) is 0. The van der Waals surface area contributed by atoms with Crippen LogP contribution in [-0.4, -0.2) is 6.21 Å². The molecule has 0 atom stereocenters. The lowest BCUT2D eigenvalue weighted by molar-refractivity contribution is 0.810. The maximum atomic E-state index is 8.44. The predicted octanol–water partition coefficient (Wildman–Crippen LogP) is 1.59. The Kier molecular flexibility index (Phi) is 4.47. The minimum Gasteiger partial charge on any atom is -0.402 e. The lowest BCUT2D eigenvalue weighted by Gasteiger charge is -2.00. The quantitative estimate of drug-likeness (QED) is 0.507. The molecule has 12 heavy (non-hydrogen) atoms. The molecule has 0 saturated heterocycles. The van der Waals surface area contributed by atoms with Gasteiger partial charge >= 0.3 is 0 Å². The highest BCUT2D eigenvalue weighted by molar-refractivity contribution is 5.79. The third-order valence-corrected chi connectivity index (χ3v) is 1.38. The van der Waals surface area contributed by atoms with Gasteiger partial charge < -0.3 is 5.73 Å². The van der Waals surface area contributed by atoms with Crippen LogP contribution in [0.4, 0.5) is 0 Å². The van der Waals surface area contributed by atoms with Gasteiger partial charge in [0, 0.05) is 12.4 Å². The van der Waals surface area contributed by atoms with Crippen molar-refractivity contribution in [3.63, 3.8) is 0 Å². The Labute approximate surface area is 72.9 Å². The molecule has 0 saturated carbocycles. The predicted molar refractivity (Wildman–Crippen MR) is 50.4 cm³/mol. The highest BCUT2D eigenvalue weighted by Gasteiger charge is 1.95. The van der Waals surface area contributed by atoms with E-state index in [0.717, 1.165) is 5.57 Å². The Bertz CT molecular complexity index is 253. The van der Waals surface area contributed by atoms with Gasteiger partial charge in [0.2, 0.25) is 0 Å². The molecule has 64 valence electrons. The van der Waals surface area contributed by atoms with E-state index < -0.39 is 0 Å². The fourth-order valence-corrected chi connectivity index (χ4v) is 0.411. The summed E-state index contributed by atoms with van der Waals surface area (Å²) in [6.45, 7) is 7.78. The van der Waals surface area contributed by atoms with Gasteiger partial charge in [0.15, 0.2) is 5.70 Å². The average molecular weight is 163 g/mol. The summed E-state index contributed by atoms with van der Waals surface area (Å²) < 4.78 is 0. The SMILES string of the molecule is C=C(C=N/C(C#N)=C\N)C(C)C. The van der Waals surface area contributed by atoms with E-state index in [1.807, 2.05) is 19.9 Å². The summed E-state index contributed by atoms with van der Waals surface area (Å²) in [5.74, 6) is 0.339. The lowest BCUT2D eigenvalue weighted by atomic mass is 10.1. The van der Waals surface area contributed by atoms with Gasteiger partial charge in [-0.1, -0.05) is 20.4 Å². The molecule has 0 radical (unpaired) electrons. The second-order valence-corrected chi connectivity index (χ2v) is 2.65. The fraction of sp³-hybridized carbons (Fsp3) is 0.333. The van der Waals surface area contributed by atoms with Crippen LogP contribution in [-0.2, 0) is 0 Å². The topological polar surface area (TPSA) is 62.2 Å². The molecular weight excluding hydrogens is 150 g/mol. The molecule has 0 unspecified atom stereocenters. The van der Waals surface area contributed by atoms with Crippen molar-refractivity contribution in [1.82, 2.24) is 0 Å². The van der Waals surface area contributed by atoms with Crippen LogP contribution < -0.4 is 5.73 Å². The average Bonchev–Trinajstić information content (AvgIpc) is 2.05. The van der Waals surface area contributed by atoms with Gasteiger partial charge in [0.1, 0.15) is 6.07 Å². The van der Waals surface area contributed by atoms with Crippen LogP contribution in [0.2, 0.25) is 0 Å². The van der Waals surface area contributed by atoms with Crippen molar-refractivity contribution < 1.29 is 0 Å². The molecule has 2 N–H and O–H groups in total. The molecule has 0 heterocycles. The molecule has 0 aromatic carbocycles. The summed E-state index contributed by atoms with van der Waals surface area (Å²) in [4.78, 5) is 3.83. The molecule has 0 amide bonds. The Balaban J connectivity index is 4.27. The Hall–Kier alpha value is -1.56. The number of nitrogens with two attached hydrogens (primary N) is 1. The lowest BCUT2D eigenvalue weighted by Crippen LogP contribution is -1.93. The van der Waals surface area contributed by atoms with Crippen molar-refractivity contribution >= 4 is 6.21 Å². The molecule has 0 aliphatic heterocycles. The molecule has 0 rings (SSSR count). The second kappa shape index (κ2) is 5.14. The van der Waals surface area contributed by atoms with Gasteiger partial charge in [-0.25, -0.2) is 4.99 Å². The zero-order valence-corrected chi connectivity index (χ0v) is 7.41. The fourth-order valence-electron chi connectivity index (χ4n) is 0.411. The van der Waals surface area contributed by atoms with E-state index in [1.165, 1.54) is 6.20 Å². The van der Waals surface area contributed by atoms with Crippen molar-refractivity contribution in [3.05, 3.63) is 24.0 Å². The van der Waals surface area contributed by atoms with E-state index in [-0.39, 0.29) is 5.70 Å². The van der Waals surface area contributed by atoms with Gasteiger partial charge in [-0.2, -0.15) is 5.26 Å². The molecule has 0 bridgehead atoms. The van der Waals surface area contributed by atoms with E-state index >= 15 is 0 Å². The first-order chi connectivity index (χ1) is 5.61. The number of allylic oxidation sites excluding steroid dienone is 2. The van der Waals surface area contributed by atoms with Crippen molar-refractivity contribution in [2.75, 3.05) is 0 Å². The molecule has 3 heteroatoms. The third kappa shape index (κ3) is 3.57. The number of rotatable bonds is 3. The Morgan fingerprint density at radius 1 is 1.67 bits per heavy atom. The maximum Gasteiger partial charge on any atom is 0.155 e.